The molecule has 1 rings (SSSR count). The van der Waals surface area contributed by atoms with Gasteiger partial charge in [-0.05, 0) is 43.2 Å². The van der Waals surface area contributed by atoms with Crippen LogP contribution in [0.25, 0.3) is 0 Å². The molecule has 0 fully saturated rings. The molecule has 94 valence electrons. The molecule has 2 heteroatoms. The van der Waals surface area contributed by atoms with E-state index in [2.05, 4.69) is 45.9 Å². The lowest BCUT2D eigenvalue weighted by Crippen LogP contribution is -2.10. The largest absolute Gasteiger partial charge is 0.481 e. The van der Waals surface area contributed by atoms with Crippen molar-refractivity contribution in [1.82, 2.24) is 0 Å². The predicted octanol–water partition coefficient (Wildman–Crippen LogP) is 3.91. The van der Waals surface area contributed by atoms with Crippen LogP contribution in [0.5, 0.6) is 0 Å². The first-order chi connectivity index (χ1) is 7.90. The second kappa shape index (κ2) is 5.85. The van der Waals surface area contributed by atoms with Gasteiger partial charge in [0.15, 0.2) is 0 Å². The number of carboxylic acids is 1. The van der Waals surface area contributed by atoms with Crippen LogP contribution < -0.4 is 0 Å². The smallest absolute Gasteiger partial charge is 0.303 e. The molecule has 0 aliphatic heterocycles. The summed E-state index contributed by atoms with van der Waals surface area (Å²) in [5.41, 5.74) is 3.62. The number of carboxylic acid groups (broad SMARTS) is 1. The number of rotatable bonds is 5. The minimum atomic E-state index is -0.712. The summed E-state index contributed by atoms with van der Waals surface area (Å²) in [6.45, 7) is 8.40. The van der Waals surface area contributed by atoms with Crippen molar-refractivity contribution in [2.24, 2.45) is 5.92 Å². The van der Waals surface area contributed by atoms with Crippen molar-refractivity contribution in [1.29, 1.82) is 0 Å². The predicted molar refractivity (Wildman–Crippen MR) is 70.4 cm³/mol. The second-order valence-corrected chi connectivity index (χ2v) is 5.28. The molecule has 0 aromatic heterocycles. The Hall–Kier alpha value is -1.31. The average Bonchev–Trinajstić information content (AvgIpc) is 2.14. The highest BCUT2D eigenvalue weighted by atomic mass is 16.4. The summed E-state index contributed by atoms with van der Waals surface area (Å²) in [4.78, 5) is 10.9. The Labute approximate surface area is 104 Å². The Morgan fingerprint density at radius 2 is 1.94 bits per heavy atom. The molecule has 1 aromatic rings. The minimum Gasteiger partial charge on any atom is -0.481 e. The fourth-order valence-electron chi connectivity index (χ4n) is 2.38. The van der Waals surface area contributed by atoms with E-state index in [4.69, 9.17) is 5.11 Å². The lowest BCUT2D eigenvalue weighted by Gasteiger charge is -2.20. The van der Waals surface area contributed by atoms with Crippen LogP contribution in [0.4, 0.5) is 0 Å². The van der Waals surface area contributed by atoms with Gasteiger partial charge in [-0.3, -0.25) is 4.79 Å². The average molecular weight is 234 g/mol. The third-order valence-corrected chi connectivity index (χ3v) is 3.04. The van der Waals surface area contributed by atoms with Crippen LogP contribution in [0, 0.1) is 19.8 Å². The van der Waals surface area contributed by atoms with Gasteiger partial charge >= 0.3 is 5.97 Å². The van der Waals surface area contributed by atoms with Crippen molar-refractivity contribution >= 4 is 5.97 Å². The Kier molecular flexibility index (Phi) is 4.73. The summed E-state index contributed by atoms with van der Waals surface area (Å²) in [5, 5.41) is 9.00. The van der Waals surface area contributed by atoms with Gasteiger partial charge in [0.25, 0.3) is 0 Å². The number of aryl methyl sites for hydroxylation is 2. The first-order valence-corrected chi connectivity index (χ1v) is 6.19. The molecule has 0 saturated carbocycles. The van der Waals surface area contributed by atoms with E-state index >= 15 is 0 Å². The summed E-state index contributed by atoms with van der Waals surface area (Å²) >= 11 is 0. The third kappa shape index (κ3) is 4.22. The van der Waals surface area contributed by atoms with Gasteiger partial charge in [-0.25, -0.2) is 0 Å². The van der Waals surface area contributed by atoms with Crippen molar-refractivity contribution in [3.63, 3.8) is 0 Å². The first kappa shape index (κ1) is 13.8. The summed E-state index contributed by atoms with van der Waals surface area (Å²) in [5.74, 6) is -0.0659. The van der Waals surface area contributed by atoms with E-state index in [0.29, 0.717) is 5.92 Å². The topological polar surface area (TPSA) is 37.3 Å². The maximum Gasteiger partial charge on any atom is 0.303 e. The maximum atomic E-state index is 10.9. The van der Waals surface area contributed by atoms with Crippen molar-refractivity contribution in [2.45, 2.75) is 46.5 Å². The quantitative estimate of drug-likeness (QED) is 0.838. The maximum absolute atomic E-state index is 10.9. The van der Waals surface area contributed by atoms with Gasteiger partial charge in [-0.15, -0.1) is 0 Å². The van der Waals surface area contributed by atoms with E-state index in [0.717, 1.165) is 6.42 Å². The van der Waals surface area contributed by atoms with Gasteiger partial charge in [-0.1, -0.05) is 37.6 Å². The highest BCUT2D eigenvalue weighted by Crippen LogP contribution is 2.30. The number of hydrogen-bond donors (Lipinski definition) is 1. The molecule has 0 bridgehead atoms. The zero-order chi connectivity index (χ0) is 13.0. The third-order valence-electron chi connectivity index (χ3n) is 3.04. The molecule has 1 N–H and O–H groups in total. The minimum absolute atomic E-state index is 0.132. The van der Waals surface area contributed by atoms with Crippen molar-refractivity contribution < 1.29 is 9.90 Å². The van der Waals surface area contributed by atoms with Crippen molar-refractivity contribution in [2.75, 3.05) is 0 Å². The number of carbonyl (C=O) groups is 1. The van der Waals surface area contributed by atoms with Gasteiger partial charge in [0.1, 0.15) is 0 Å². The van der Waals surface area contributed by atoms with Crippen molar-refractivity contribution in [3.8, 4) is 0 Å². The van der Waals surface area contributed by atoms with E-state index in [1.807, 2.05) is 0 Å². The fraction of sp³-hybridized carbons (Fsp3) is 0.533. The summed E-state index contributed by atoms with van der Waals surface area (Å²) in [6, 6.07) is 6.28. The lowest BCUT2D eigenvalue weighted by atomic mass is 9.85. The zero-order valence-electron chi connectivity index (χ0n) is 11.2. The summed E-state index contributed by atoms with van der Waals surface area (Å²) in [6.07, 6.45) is 1.15. The van der Waals surface area contributed by atoms with Gasteiger partial charge in [0.05, 0.1) is 6.42 Å². The molecule has 0 aliphatic rings. The fourth-order valence-corrected chi connectivity index (χ4v) is 2.38. The molecule has 0 heterocycles. The molecule has 2 nitrogen and oxygen atoms in total. The van der Waals surface area contributed by atoms with Crippen LogP contribution in [-0.4, -0.2) is 11.1 Å². The van der Waals surface area contributed by atoms with Gasteiger partial charge in [0.2, 0.25) is 0 Å². The van der Waals surface area contributed by atoms with Gasteiger partial charge in [0, 0.05) is 0 Å². The number of aliphatic carboxylic acids is 1. The van der Waals surface area contributed by atoms with Crippen LogP contribution in [-0.2, 0) is 4.79 Å². The highest BCUT2D eigenvalue weighted by molar-refractivity contribution is 5.68. The second-order valence-electron chi connectivity index (χ2n) is 5.28. The molecule has 1 aromatic carbocycles. The molecule has 0 amide bonds. The van der Waals surface area contributed by atoms with E-state index < -0.39 is 5.97 Å². The van der Waals surface area contributed by atoms with Crippen LogP contribution in [0.3, 0.4) is 0 Å². The molecule has 1 atom stereocenters. The Morgan fingerprint density at radius 1 is 1.29 bits per heavy atom. The van der Waals surface area contributed by atoms with E-state index in [1.165, 1.54) is 16.7 Å². The van der Waals surface area contributed by atoms with Crippen LogP contribution >= 0.6 is 0 Å². The van der Waals surface area contributed by atoms with Crippen LogP contribution in [0.15, 0.2) is 18.2 Å². The monoisotopic (exact) mass is 234 g/mol. The molecule has 0 spiro atoms. The lowest BCUT2D eigenvalue weighted by molar-refractivity contribution is -0.137. The number of hydrogen-bond acceptors (Lipinski definition) is 1. The van der Waals surface area contributed by atoms with E-state index in [9.17, 15) is 4.79 Å². The summed E-state index contributed by atoms with van der Waals surface area (Å²) in [7, 11) is 0. The first-order valence-electron chi connectivity index (χ1n) is 6.19. The van der Waals surface area contributed by atoms with Gasteiger partial charge < -0.3 is 5.11 Å². The van der Waals surface area contributed by atoms with Crippen LogP contribution in [0.2, 0.25) is 0 Å². The zero-order valence-corrected chi connectivity index (χ0v) is 11.2. The Morgan fingerprint density at radius 3 is 2.41 bits per heavy atom. The molecule has 0 saturated heterocycles. The molecular weight excluding hydrogens is 212 g/mol. The molecule has 1 unspecified atom stereocenters. The highest BCUT2D eigenvalue weighted by Gasteiger charge is 2.18. The normalized spacial score (nSPS) is 12.8. The summed E-state index contributed by atoms with van der Waals surface area (Å²) < 4.78 is 0. The number of benzene rings is 1. The van der Waals surface area contributed by atoms with E-state index in [-0.39, 0.29) is 12.3 Å². The molecule has 0 radical (unpaired) electrons. The standard InChI is InChI=1S/C15H22O2/c1-10(2)7-13(9-15(16)17)14-6-5-11(3)8-12(14)4/h5-6,8,10,13H,7,9H2,1-4H3,(H,16,17). The van der Waals surface area contributed by atoms with E-state index in [1.54, 1.807) is 0 Å². The molecule has 0 aliphatic carbocycles. The SMILES string of the molecule is Cc1ccc(C(CC(=O)O)CC(C)C)c(C)c1. The molecular formula is C15H22O2. The van der Waals surface area contributed by atoms with Crippen molar-refractivity contribution in [3.05, 3.63) is 34.9 Å². The Bertz CT molecular complexity index is 394. The van der Waals surface area contributed by atoms with Crippen LogP contribution in [0.1, 0.15) is 49.3 Å². The Balaban J connectivity index is 2.98. The van der Waals surface area contributed by atoms with Gasteiger partial charge in [-0.2, -0.15) is 0 Å². The molecule has 17 heavy (non-hydrogen) atoms.